The number of benzene rings is 1. The van der Waals surface area contributed by atoms with Crippen LogP contribution in [0.5, 0.6) is 0 Å². The van der Waals surface area contributed by atoms with Crippen LogP contribution in [0.2, 0.25) is 0 Å². The van der Waals surface area contributed by atoms with Crippen LogP contribution in [-0.4, -0.2) is 59.1 Å². The summed E-state index contributed by atoms with van der Waals surface area (Å²) in [5, 5.41) is 28.4. The molecule has 0 radical (unpaired) electrons. The summed E-state index contributed by atoms with van der Waals surface area (Å²) in [6, 6.07) is 9.90. The van der Waals surface area contributed by atoms with Crippen LogP contribution >= 0.6 is 0 Å². The molecule has 4 rings (SSSR count). The van der Waals surface area contributed by atoms with Crippen LogP contribution < -0.4 is 10.6 Å². The highest BCUT2D eigenvalue weighted by Crippen LogP contribution is 2.33. The summed E-state index contributed by atoms with van der Waals surface area (Å²) in [6.07, 6.45) is 14.0. The molecule has 0 saturated carbocycles. The van der Waals surface area contributed by atoms with Crippen molar-refractivity contribution < 1.29 is 19.8 Å². The van der Waals surface area contributed by atoms with Gasteiger partial charge in [-0.15, -0.1) is 0 Å². The van der Waals surface area contributed by atoms with Gasteiger partial charge in [-0.1, -0.05) is 55.3 Å². The van der Waals surface area contributed by atoms with Crippen molar-refractivity contribution in [1.82, 2.24) is 15.7 Å². The molecular formula is C29H41N3O4. The number of allylic oxidation sites excluding steroid dienone is 4. The number of nitrogens with zero attached hydrogens (tertiary/aromatic N) is 1. The highest BCUT2D eigenvalue weighted by molar-refractivity contribution is 5.82. The molecule has 1 aromatic rings. The maximum Gasteiger partial charge on any atom is 0.240 e. The Hall–Kier alpha value is -2.45. The monoisotopic (exact) mass is 495 g/mol. The number of carbonyl (C=O) groups is 1. The van der Waals surface area contributed by atoms with E-state index in [2.05, 4.69) is 59.3 Å². The predicted molar refractivity (Wildman–Crippen MR) is 140 cm³/mol. The smallest absolute Gasteiger partial charge is 0.240 e. The second-order valence-electron chi connectivity index (χ2n) is 10.1. The summed E-state index contributed by atoms with van der Waals surface area (Å²) in [7, 11) is 0. The number of aliphatic hydroxyl groups excluding tert-OH is 2. The fraction of sp³-hybridized carbons (Fsp3) is 0.552. The third-order valence-corrected chi connectivity index (χ3v) is 7.53. The number of fused-ring (bicyclic) bond motifs is 1. The van der Waals surface area contributed by atoms with Crippen molar-refractivity contribution in [2.24, 2.45) is 11.8 Å². The van der Waals surface area contributed by atoms with Crippen LogP contribution in [0.15, 0.2) is 66.0 Å². The van der Waals surface area contributed by atoms with Crippen molar-refractivity contribution in [3.63, 3.8) is 0 Å². The molecule has 1 aromatic carbocycles. The van der Waals surface area contributed by atoms with Gasteiger partial charge in [0.15, 0.2) is 0 Å². The number of nitrogens with one attached hydrogen (secondary N) is 2. The van der Waals surface area contributed by atoms with Gasteiger partial charge in [0.05, 0.1) is 12.7 Å². The van der Waals surface area contributed by atoms with Gasteiger partial charge in [0, 0.05) is 36.8 Å². The lowest BCUT2D eigenvalue weighted by molar-refractivity contribution is -0.187. The Morgan fingerprint density at radius 2 is 2.00 bits per heavy atom. The molecule has 1 fully saturated rings. The highest BCUT2D eigenvalue weighted by atomic mass is 16.7. The van der Waals surface area contributed by atoms with Crippen molar-refractivity contribution in [3.8, 4) is 0 Å². The van der Waals surface area contributed by atoms with E-state index in [0.717, 1.165) is 44.9 Å². The molecule has 5 atom stereocenters. The summed E-state index contributed by atoms with van der Waals surface area (Å²) in [4.78, 5) is 19.3. The minimum Gasteiger partial charge on any atom is -0.396 e. The zero-order valence-electron chi connectivity index (χ0n) is 21.3. The minimum atomic E-state index is -0.771. The zero-order valence-corrected chi connectivity index (χ0v) is 21.3. The molecule has 7 heteroatoms. The predicted octanol–water partition coefficient (Wildman–Crippen LogP) is 3.22. The molecule has 1 aliphatic carbocycles. The Bertz CT molecular complexity index is 943. The topological polar surface area (TPSA) is 94.1 Å². The summed E-state index contributed by atoms with van der Waals surface area (Å²) in [6.45, 7) is 2.57. The second kappa shape index (κ2) is 13.2. The van der Waals surface area contributed by atoms with Gasteiger partial charge >= 0.3 is 0 Å². The molecule has 1 unspecified atom stereocenters. The molecular weight excluding hydrogens is 454 g/mol. The highest BCUT2D eigenvalue weighted by Gasteiger charge is 2.48. The Balaban J connectivity index is 1.25. The summed E-state index contributed by atoms with van der Waals surface area (Å²) >= 11 is 0. The standard InChI is InChI=1S/C29H41N3O4/c1-21(34)28-25(20-33)27(29(35)30-17-16-23-19-31-26-15-9-8-14-24(23)26)32(36-28)18-10-3-2-5-11-22-12-6-4-7-13-22/h4,6-9,12-13,15,19,21,24-25,27-28,31,33-34H,2-3,5,10-11,14,16-18,20H2,1H3,(H,30,35)/t21-,24?,25-,27-,28-/m0/s1. The lowest BCUT2D eigenvalue weighted by atomic mass is 9.90. The molecule has 0 bridgehead atoms. The van der Waals surface area contributed by atoms with Crippen LogP contribution in [0.1, 0.15) is 51.0 Å². The summed E-state index contributed by atoms with van der Waals surface area (Å²) in [5.41, 5.74) is 3.87. The van der Waals surface area contributed by atoms with Crippen LogP contribution in [0, 0.1) is 11.8 Å². The van der Waals surface area contributed by atoms with Crippen molar-refractivity contribution in [1.29, 1.82) is 0 Å². The van der Waals surface area contributed by atoms with Crippen LogP contribution in [0.25, 0.3) is 0 Å². The van der Waals surface area contributed by atoms with Crippen molar-refractivity contribution in [2.75, 3.05) is 19.7 Å². The second-order valence-corrected chi connectivity index (χ2v) is 10.1. The van der Waals surface area contributed by atoms with Crippen molar-refractivity contribution in [3.05, 3.63) is 71.6 Å². The molecule has 3 aliphatic rings. The number of hydrogen-bond acceptors (Lipinski definition) is 6. The third-order valence-electron chi connectivity index (χ3n) is 7.53. The van der Waals surface area contributed by atoms with E-state index in [1.165, 1.54) is 16.8 Å². The first-order chi connectivity index (χ1) is 17.6. The number of hydroxylamine groups is 2. The van der Waals surface area contributed by atoms with Gasteiger partial charge in [0.2, 0.25) is 5.91 Å². The quantitative estimate of drug-likeness (QED) is 0.314. The van der Waals surface area contributed by atoms with Gasteiger partial charge in [-0.05, 0) is 56.2 Å². The Morgan fingerprint density at radius 1 is 1.19 bits per heavy atom. The average Bonchev–Trinajstić information content (AvgIpc) is 3.48. The van der Waals surface area contributed by atoms with E-state index >= 15 is 0 Å². The van der Waals surface area contributed by atoms with Gasteiger partial charge in [0.25, 0.3) is 0 Å². The Labute approximate surface area is 214 Å². The lowest BCUT2D eigenvalue weighted by Crippen LogP contribution is -2.48. The van der Waals surface area contributed by atoms with Crippen LogP contribution in [0.4, 0.5) is 0 Å². The molecule has 2 aliphatic heterocycles. The molecule has 1 amide bonds. The molecule has 36 heavy (non-hydrogen) atoms. The molecule has 7 nitrogen and oxygen atoms in total. The van der Waals surface area contributed by atoms with E-state index in [-0.39, 0.29) is 12.5 Å². The SMILES string of the molecule is C[C@H](O)[C@@H]1ON(CCCCCCc2ccccc2)[C@H](C(=O)NCCC2=CNC3=CC=CCC23)[C@@H]1CO. The summed E-state index contributed by atoms with van der Waals surface area (Å²) in [5.74, 6) is -0.231. The largest absolute Gasteiger partial charge is 0.396 e. The van der Waals surface area contributed by atoms with Gasteiger partial charge < -0.3 is 20.8 Å². The van der Waals surface area contributed by atoms with Crippen molar-refractivity contribution in [2.45, 2.75) is 70.1 Å². The first-order valence-electron chi connectivity index (χ1n) is 13.4. The molecule has 0 aromatic heterocycles. The van der Waals surface area contributed by atoms with E-state index in [1.807, 2.05) is 6.07 Å². The Kier molecular flexibility index (Phi) is 9.75. The van der Waals surface area contributed by atoms with Gasteiger partial charge in [-0.25, -0.2) is 0 Å². The van der Waals surface area contributed by atoms with Gasteiger partial charge in [0.1, 0.15) is 12.1 Å². The van der Waals surface area contributed by atoms with Crippen molar-refractivity contribution >= 4 is 5.91 Å². The minimum absolute atomic E-state index is 0.146. The number of unbranched alkanes of at least 4 members (excludes halogenated alkanes) is 3. The third kappa shape index (κ3) is 6.65. The molecule has 4 N–H and O–H groups in total. The maximum absolute atomic E-state index is 13.3. The zero-order chi connectivity index (χ0) is 25.3. The number of carbonyl (C=O) groups excluding carboxylic acids is 1. The van der Waals surface area contributed by atoms with Gasteiger partial charge in [-0.2, -0.15) is 5.06 Å². The number of rotatable bonds is 13. The average molecular weight is 496 g/mol. The van der Waals surface area contributed by atoms with Crippen LogP contribution in [-0.2, 0) is 16.1 Å². The fourth-order valence-electron chi connectivity index (χ4n) is 5.54. The van der Waals surface area contributed by atoms with E-state index in [1.54, 1.807) is 12.0 Å². The summed E-state index contributed by atoms with van der Waals surface area (Å²) < 4.78 is 0. The van der Waals surface area contributed by atoms with Gasteiger partial charge in [-0.3, -0.25) is 9.63 Å². The van der Waals surface area contributed by atoms with E-state index < -0.39 is 24.2 Å². The van der Waals surface area contributed by atoms with E-state index in [4.69, 9.17) is 4.84 Å². The molecule has 2 heterocycles. The normalized spacial score (nSPS) is 26.2. The number of hydrogen-bond donors (Lipinski definition) is 4. The Morgan fingerprint density at radius 3 is 2.78 bits per heavy atom. The fourth-order valence-corrected chi connectivity index (χ4v) is 5.54. The maximum atomic E-state index is 13.3. The molecule has 0 spiro atoms. The lowest BCUT2D eigenvalue weighted by Gasteiger charge is -2.24. The van der Waals surface area contributed by atoms with Crippen LogP contribution in [0.3, 0.4) is 0 Å². The number of amides is 1. The molecule has 196 valence electrons. The molecule has 1 saturated heterocycles. The van der Waals surface area contributed by atoms with E-state index in [9.17, 15) is 15.0 Å². The van der Waals surface area contributed by atoms with E-state index in [0.29, 0.717) is 19.0 Å². The first-order valence-corrected chi connectivity index (χ1v) is 13.4. The number of aliphatic hydroxyl groups is 2. The number of aryl methyl sites for hydroxylation is 1. The first kappa shape index (κ1) is 26.6.